The Hall–Kier alpha value is -2.42. The van der Waals surface area contributed by atoms with E-state index in [9.17, 15) is 24.3 Å². The SMILES string of the molecule is C=C(COC(C)=O)[C@@H]1CC[C@]2(C(=O)OCCO)CC[C@]3(C)C(CC[C@@H]4[C@@]5(C)CCC(OC(C)=O)[C@@](C)(COC(C)=O)[C@@H]5CC[C@]43C)[C@@H]12. The zero-order valence-electron chi connectivity index (χ0n) is 29.8. The van der Waals surface area contributed by atoms with Gasteiger partial charge in [0.25, 0.3) is 0 Å². The third-order valence-electron chi connectivity index (χ3n) is 14.8. The van der Waals surface area contributed by atoms with Crippen molar-refractivity contribution in [2.45, 2.75) is 119 Å². The molecule has 47 heavy (non-hydrogen) atoms. The lowest BCUT2D eigenvalue weighted by Gasteiger charge is -2.72. The standard InChI is InChI=1S/C38H58O9/c1-23(21-45-24(2)40)27-11-16-38(33(43)44-20-19-39)18-17-36(7)28(32(27)38)9-10-30-34(5)14-13-31(47-26(4)42)35(6,22-46-25(3)41)29(34)12-15-37(30,36)8/h27-32,39H,1,9-22H2,2-8H3/t27-,28?,29+,30+,31?,32+,34-,35-,36+,37+,38-/m0/s1. The van der Waals surface area contributed by atoms with E-state index in [2.05, 4.69) is 34.3 Å². The molecule has 0 aromatic carbocycles. The molecule has 0 spiro atoms. The van der Waals surface area contributed by atoms with Crippen molar-refractivity contribution in [3.05, 3.63) is 12.2 Å². The van der Waals surface area contributed by atoms with Crippen molar-refractivity contribution in [2.75, 3.05) is 26.4 Å². The van der Waals surface area contributed by atoms with Crippen molar-refractivity contribution >= 4 is 23.9 Å². The zero-order valence-corrected chi connectivity index (χ0v) is 29.8. The molecule has 5 fully saturated rings. The zero-order chi connectivity index (χ0) is 34.6. The molecule has 0 radical (unpaired) electrons. The minimum atomic E-state index is -0.641. The largest absolute Gasteiger partial charge is 0.465 e. The minimum Gasteiger partial charge on any atom is -0.465 e. The van der Waals surface area contributed by atoms with Crippen LogP contribution < -0.4 is 0 Å². The normalized spacial score (nSPS) is 43.7. The Morgan fingerprint density at radius 3 is 2.09 bits per heavy atom. The molecule has 9 heteroatoms. The molecule has 5 aliphatic rings. The monoisotopic (exact) mass is 658 g/mol. The molecule has 0 aliphatic heterocycles. The van der Waals surface area contributed by atoms with Crippen molar-refractivity contribution in [1.29, 1.82) is 0 Å². The fourth-order valence-electron chi connectivity index (χ4n) is 12.6. The third kappa shape index (κ3) is 5.64. The van der Waals surface area contributed by atoms with Crippen LogP contribution >= 0.6 is 0 Å². The molecule has 0 amide bonds. The van der Waals surface area contributed by atoms with Gasteiger partial charge in [-0.3, -0.25) is 19.2 Å². The molecule has 5 rings (SSSR count). The summed E-state index contributed by atoms with van der Waals surface area (Å²) in [6.07, 6.45) is 8.47. The van der Waals surface area contributed by atoms with Gasteiger partial charge in [-0.25, -0.2) is 0 Å². The predicted molar refractivity (Wildman–Crippen MR) is 174 cm³/mol. The van der Waals surface area contributed by atoms with E-state index in [1.165, 1.54) is 20.8 Å². The molecule has 0 aromatic rings. The summed E-state index contributed by atoms with van der Waals surface area (Å²) in [5, 5.41) is 9.49. The van der Waals surface area contributed by atoms with E-state index >= 15 is 0 Å². The fraction of sp³-hybridized carbons (Fsp3) is 0.842. The number of aliphatic hydroxyl groups is 1. The highest BCUT2D eigenvalue weighted by Crippen LogP contribution is 2.77. The van der Waals surface area contributed by atoms with Crippen molar-refractivity contribution < 1.29 is 43.2 Å². The Bertz CT molecular complexity index is 1280. The molecule has 1 N–H and O–H groups in total. The topological polar surface area (TPSA) is 125 Å². The van der Waals surface area contributed by atoms with E-state index in [4.69, 9.17) is 18.9 Å². The summed E-state index contributed by atoms with van der Waals surface area (Å²) in [4.78, 5) is 49.9. The first-order valence-corrected chi connectivity index (χ1v) is 17.9. The van der Waals surface area contributed by atoms with Gasteiger partial charge in [0.1, 0.15) is 25.9 Å². The highest BCUT2D eigenvalue weighted by molar-refractivity contribution is 5.78. The van der Waals surface area contributed by atoms with E-state index in [0.717, 1.165) is 63.4 Å². The summed E-state index contributed by atoms with van der Waals surface area (Å²) in [6, 6.07) is 0. The Balaban J connectivity index is 1.51. The van der Waals surface area contributed by atoms with Gasteiger partial charge >= 0.3 is 23.9 Å². The van der Waals surface area contributed by atoms with Crippen LogP contribution in [-0.4, -0.2) is 61.5 Å². The van der Waals surface area contributed by atoms with E-state index < -0.39 is 10.8 Å². The number of hydrogen-bond acceptors (Lipinski definition) is 9. The maximum Gasteiger partial charge on any atom is 0.312 e. The minimum absolute atomic E-state index is 0.00568. The van der Waals surface area contributed by atoms with Crippen LogP contribution in [0.3, 0.4) is 0 Å². The summed E-state index contributed by atoms with van der Waals surface area (Å²) in [6.45, 7) is 18.5. The van der Waals surface area contributed by atoms with Crippen molar-refractivity contribution in [3.63, 3.8) is 0 Å². The second kappa shape index (κ2) is 12.8. The van der Waals surface area contributed by atoms with Crippen molar-refractivity contribution in [2.24, 2.45) is 56.7 Å². The van der Waals surface area contributed by atoms with Crippen LogP contribution in [-0.2, 0) is 38.1 Å². The second-order valence-corrected chi connectivity index (χ2v) is 16.7. The Morgan fingerprint density at radius 2 is 1.45 bits per heavy atom. The number of carbonyl (C=O) groups is 4. The highest BCUT2D eigenvalue weighted by Gasteiger charge is 2.73. The molecule has 5 aliphatic carbocycles. The van der Waals surface area contributed by atoms with Gasteiger partial charge in [0, 0.05) is 26.2 Å². The van der Waals surface area contributed by atoms with Gasteiger partial charge in [0.15, 0.2) is 0 Å². The molecule has 9 nitrogen and oxygen atoms in total. The predicted octanol–water partition coefficient (Wildman–Crippen LogP) is 6.20. The maximum atomic E-state index is 13.9. The van der Waals surface area contributed by atoms with Crippen molar-refractivity contribution in [3.8, 4) is 0 Å². The van der Waals surface area contributed by atoms with Crippen LogP contribution in [0, 0.1) is 56.7 Å². The summed E-state index contributed by atoms with van der Waals surface area (Å²) < 4.78 is 22.8. The molecule has 264 valence electrons. The first-order valence-electron chi connectivity index (χ1n) is 17.9. The highest BCUT2D eigenvalue weighted by atomic mass is 16.6. The van der Waals surface area contributed by atoms with Gasteiger partial charge in [-0.05, 0) is 116 Å². The number of esters is 4. The lowest BCUT2D eigenvalue weighted by Crippen LogP contribution is -2.68. The summed E-state index contributed by atoms with van der Waals surface area (Å²) in [7, 11) is 0. The maximum absolute atomic E-state index is 13.9. The summed E-state index contributed by atoms with van der Waals surface area (Å²) >= 11 is 0. The van der Waals surface area contributed by atoms with Gasteiger partial charge in [-0.1, -0.05) is 34.3 Å². The lowest BCUT2D eigenvalue weighted by atomic mass is 9.32. The molecular formula is C38H58O9. The summed E-state index contributed by atoms with van der Waals surface area (Å²) in [5.74, 6) is -0.225. The fourth-order valence-corrected chi connectivity index (χ4v) is 12.6. The summed E-state index contributed by atoms with van der Waals surface area (Å²) in [5.41, 5.74) is -0.374. The quantitative estimate of drug-likeness (QED) is 0.175. The van der Waals surface area contributed by atoms with Gasteiger partial charge in [0.2, 0.25) is 0 Å². The van der Waals surface area contributed by atoms with Gasteiger partial charge < -0.3 is 24.1 Å². The molecule has 2 unspecified atom stereocenters. The van der Waals surface area contributed by atoms with Crippen LogP contribution in [0.15, 0.2) is 12.2 Å². The average Bonchev–Trinajstić information content (AvgIpc) is 3.40. The van der Waals surface area contributed by atoms with Gasteiger partial charge in [-0.2, -0.15) is 0 Å². The van der Waals surface area contributed by atoms with E-state index in [0.29, 0.717) is 12.3 Å². The van der Waals surface area contributed by atoms with Gasteiger partial charge in [0.05, 0.1) is 12.0 Å². The first-order chi connectivity index (χ1) is 22.0. The van der Waals surface area contributed by atoms with Crippen LogP contribution in [0.25, 0.3) is 0 Å². The molecule has 5 saturated carbocycles. The van der Waals surface area contributed by atoms with E-state index in [1.807, 2.05) is 0 Å². The van der Waals surface area contributed by atoms with Crippen LogP contribution in [0.4, 0.5) is 0 Å². The number of carbonyl (C=O) groups excluding carboxylic acids is 4. The smallest absolute Gasteiger partial charge is 0.312 e. The van der Waals surface area contributed by atoms with E-state index in [1.54, 1.807) is 0 Å². The Labute approximate surface area is 280 Å². The van der Waals surface area contributed by atoms with Crippen LogP contribution in [0.1, 0.15) is 113 Å². The van der Waals surface area contributed by atoms with Crippen LogP contribution in [0.2, 0.25) is 0 Å². The number of aliphatic hydroxyl groups excluding tert-OH is 1. The average molecular weight is 659 g/mol. The second-order valence-electron chi connectivity index (χ2n) is 16.7. The lowest BCUT2D eigenvalue weighted by molar-refractivity contribution is -0.257. The number of fused-ring (bicyclic) bond motifs is 7. The first kappa shape index (κ1) is 35.9. The Kier molecular flexibility index (Phi) is 9.77. The number of ether oxygens (including phenoxy) is 4. The third-order valence-corrected chi connectivity index (χ3v) is 14.8. The number of hydrogen-bond donors (Lipinski definition) is 1. The molecule has 0 saturated heterocycles. The molecular weight excluding hydrogens is 600 g/mol. The van der Waals surface area contributed by atoms with E-state index in [-0.39, 0.29) is 96.3 Å². The molecule has 0 heterocycles. The molecule has 11 atom stereocenters. The molecule has 0 aromatic heterocycles. The molecule has 0 bridgehead atoms. The number of rotatable bonds is 9. The Morgan fingerprint density at radius 1 is 0.745 bits per heavy atom. The van der Waals surface area contributed by atoms with Gasteiger partial charge in [-0.15, -0.1) is 0 Å². The van der Waals surface area contributed by atoms with Crippen molar-refractivity contribution in [1.82, 2.24) is 0 Å². The van der Waals surface area contributed by atoms with Crippen LogP contribution in [0.5, 0.6) is 0 Å².